The standard InChI is InChI=1S/C18H21N3O3S/c19-16-8-6-15(7-9-16)14-18(22)20-10-12-21(13-11-20)25(23,24)17-4-2-1-3-5-17/h1-9H,10-14,19H2. The average molecular weight is 359 g/mol. The van der Waals surface area contributed by atoms with Gasteiger partial charge in [0.2, 0.25) is 15.9 Å². The topological polar surface area (TPSA) is 83.7 Å². The summed E-state index contributed by atoms with van der Waals surface area (Å²) in [5.41, 5.74) is 7.21. The van der Waals surface area contributed by atoms with E-state index in [1.54, 1.807) is 47.4 Å². The molecule has 6 nitrogen and oxygen atoms in total. The molecule has 1 aliphatic heterocycles. The van der Waals surface area contributed by atoms with Crippen LogP contribution in [0.5, 0.6) is 0 Å². The van der Waals surface area contributed by atoms with Crippen molar-refractivity contribution in [2.24, 2.45) is 0 Å². The quantitative estimate of drug-likeness (QED) is 0.835. The summed E-state index contributed by atoms with van der Waals surface area (Å²) < 4.78 is 26.6. The first-order valence-corrected chi connectivity index (χ1v) is 9.58. The van der Waals surface area contributed by atoms with Crippen LogP contribution < -0.4 is 5.73 Å². The number of nitrogens with zero attached hydrogens (tertiary/aromatic N) is 2. The van der Waals surface area contributed by atoms with Crippen LogP contribution in [0.2, 0.25) is 0 Å². The van der Waals surface area contributed by atoms with Crippen molar-refractivity contribution in [3.63, 3.8) is 0 Å². The van der Waals surface area contributed by atoms with Crippen LogP contribution in [0.3, 0.4) is 0 Å². The third-order valence-electron chi connectivity index (χ3n) is 4.31. The summed E-state index contributed by atoms with van der Waals surface area (Å²) in [6.07, 6.45) is 0.297. The molecule has 2 N–H and O–H groups in total. The van der Waals surface area contributed by atoms with E-state index < -0.39 is 10.0 Å². The number of sulfonamides is 1. The Hall–Kier alpha value is -2.38. The predicted molar refractivity (Wildman–Crippen MR) is 96.3 cm³/mol. The Morgan fingerprint density at radius 2 is 1.52 bits per heavy atom. The SMILES string of the molecule is Nc1ccc(CC(=O)N2CCN(S(=O)(=O)c3ccccc3)CC2)cc1. The monoisotopic (exact) mass is 359 g/mol. The molecule has 7 heteroatoms. The Kier molecular flexibility index (Phi) is 5.06. The Bertz CT molecular complexity index is 828. The van der Waals surface area contributed by atoms with E-state index in [1.165, 1.54) is 4.31 Å². The molecule has 0 radical (unpaired) electrons. The lowest BCUT2D eigenvalue weighted by atomic mass is 10.1. The summed E-state index contributed by atoms with van der Waals surface area (Å²) in [5.74, 6) is 0.00142. The summed E-state index contributed by atoms with van der Waals surface area (Å²) in [6, 6.07) is 15.6. The van der Waals surface area contributed by atoms with Gasteiger partial charge in [0.25, 0.3) is 0 Å². The number of piperazine rings is 1. The highest BCUT2D eigenvalue weighted by molar-refractivity contribution is 7.89. The minimum atomic E-state index is -3.49. The molecule has 1 heterocycles. The number of nitrogens with two attached hydrogens (primary N) is 1. The number of carbonyl (C=O) groups is 1. The molecule has 0 unspecified atom stereocenters. The van der Waals surface area contributed by atoms with E-state index in [0.717, 1.165) is 5.56 Å². The average Bonchev–Trinajstić information content (AvgIpc) is 2.64. The number of carbonyl (C=O) groups excluding carboxylic acids is 1. The molecule has 0 aromatic heterocycles. The van der Waals surface area contributed by atoms with Gasteiger partial charge in [-0.1, -0.05) is 30.3 Å². The molecule has 1 fully saturated rings. The van der Waals surface area contributed by atoms with Crippen molar-refractivity contribution >= 4 is 21.6 Å². The summed E-state index contributed by atoms with van der Waals surface area (Å²) in [4.78, 5) is 14.4. The van der Waals surface area contributed by atoms with Gasteiger partial charge in [-0.3, -0.25) is 4.79 Å². The summed E-state index contributed by atoms with van der Waals surface area (Å²) in [6.45, 7) is 1.43. The first-order chi connectivity index (χ1) is 12.0. The summed E-state index contributed by atoms with van der Waals surface area (Å²) in [7, 11) is -3.49. The molecule has 2 aromatic rings. The number of rotatable bonds is 4. The van der Waals surface area contributed by atoms with Crippen LogP contribution in [0, 0.1) is 0 Å². The van der Waals surface area contributed by atoms with E-state index in [4.69, 9.17) is 5.73 Å². The molecule has 0 saturated carbocycles. The molecule has 1 amide bonds. The van der Waals surface area contributed by atoms with Crippen LogP contribution in [-0.4, -0.2) is 49.7 Å². The maximum Gasteiger partial charge on any atom is 0.243 e. The van der Waals surface area contributed by atoms with Gasteiger partial charge in [0, 0.05) is 31.9 Å². The van der Waals surface area contributed by atoms with Crippen molar-refractivity contribution in [3.05, 3.63) is 60.2 Å². The fourth-order valence-electron chi connectivity index (χ4n) is 2.84. The maximum absolute atomic E-state index is 12.6. The lowest BCUT2D eigenvalue weighted by molar-refractivity contribution is -0.131. The molecule has 0 atom stereocenters. The van der Waals surface area contributed by atoms with Crippen molar-refractivity contribution in [1.82, 2.24) is 9.21 Å². The molecule has 25 heavy (non-hydrogen) atoms. The Balaban J connectivity index is 1.60. The van der Waals surface area contributed by atoms with Gasteiger partial charge in [0.1, 0.15) is 0 Å². The molecule has 0 aliphatic carbocycles. The molecule has 1 aliphatic rings. The smallest absolute Gasteiger partial charge is 0.243 e. The number of hydrogen-bond acceptors (Lipinski definition) is 4. The Morgan fingerprint density at radius 1 is 0.920 bits per heavy atom. The third-order valence-corrected chi connectivity index (χ3v) is 6.22. The number of amides is 1. The minimum absolute atomic E-state index is 0.00142. The highest BCUT2D eigenvalue weighted by Gasteiger charge is 2.29. The second-order valence-electron chi connectivity index (χ2n) is 6.02. The zero-order valence-electron chi connectivity index (χ0n) is 13.8. The maximum atomic E-state index is 12.6. The number of benzene rings is 2. The number of anilines is 1. The minimum Gasteiger partial charge on any atom is -0.399 e. The van der Waals surface area contributed by atoms with Crippen molar-refractivity contribution in [2.75, 3.05) is 31.9 Å². The van der Waals surface area contributed by atoms with E-state index in [1.807, 2.05) is 12.1 Å². The van der Waals surface area contributed by atoms with Crippen molar-refractivity contribution in [1.29, 1.82) is 0 Å². The largest absolute Gasteiger partial charge is 0.399 e. The second kappa shape index (κ2) is 7.25. The predicted octanol–water partition coefficient (Wildman–Crippen LogP) is 1.34. The van der Waals surface area contributed by atoms with E-state index in [-0.39, 0.29) is 10.8 Å². The van der Waals surface area contributed by atoms with Gasteiger partial charge in [-0.25, -0.2) is 8.42 Å². The number of hydrogen-bond donors (Lipinski definition) is 1. The highest BCUT2D eigenvalue weighted by Crippen LogP contribution is 2.17. The van der Waals surface area contributed by atoms with Crippen molar-refractivity contribution < 1.29 is 13.2 Å². The zero-order chi connectivity index (χ0) is 17.9. The molecular formula is C18H21N3O3S. The molecule has 2 aromatic carbocycles. The molecule has 3 rings (SSSR count). The van der Waals surface area contributed by atoms with Gasteiger partial charge >= 0.3 is 0 Å². The van der Waals surface area contributed by atoms with E-state index in [9.17, 15) is 13.2 Å². The molecule has 1 saturated heterocycles. The molecular weight excluding hydrogens is 338 g/mol. The lowest BCUT2D eigenvalue weighted by Gasteiger charge is -2.34. The van der Waals surface area contributed by atoms with Crippen molar-refractivity contribution in [2.45, 2.75) is 11.3 Å². The van der Waals surface area contributed by atoms with Gasteiger partial charge in [0.15, 0.2) is 0 Å². The van der Waals surface area contributed by atoms with Crippen LogP contribution in [0.1, 0.15) is 5.56 Å². The lowest BCUT2D eigenvalue weighted by Crippen LogP contribution is -2.50. The summed E-state index contributed by atoms with van der Waals surface area (Å²) >= 11 is 0. The van der Waals surface area contributed by atoms with Crippen LogP contribution in [0.25, 0.3) is 0 Å². The van der Waals surface area contributed by atoms with Gasteiger partial charge in [-0.15, -0.1) is 0 Å². The van der Waals surface area contributed by atoms with E-state index >= 15 is 0 Å². The number of nitrogen functional groups attached to an aromatic ring is 1. The Labute approximate surface area is 147 Å². The molecule has 132 valence electrons. The first kappa shape index (κ1) is 17.4. The molecule has 0 bridgehead atoms. The normalized spacial score (nSPS) is 15.9. The van der Waals surface area contributed by atoms with E-state index in [0.29, 0.717) is 38.3 Å². The van der Waals surface area contributed by atoms with Gasteiger partial charge in [0.05, 0.1) is 11.3 Å². The first-order valence-electron chi connectivity index (χ1n) is 8.14. The Morgan fingerprint density at radius 3 is 2.12 bits per heavy atom. The third kappa shape index (κ3) is 4.00. The fourth-order valence-corrected chi connectivity index (χ4v) is 4.28. The second-order valence-corrected chi connectivity index (χ2v) is 7.95. The van der Waals surface area contributed by atoms with Gasteiger partial charge < -0.3 is 10.6 Å². The zero-order valence-corrected chi connectivity index (χ0v) is 14.7. The van der Waals surface area contributed by atoms with Crippen LogP contribution in [-0.2, 0) is 21.2 Å². The van der Waals surface area contributed by atoms with E-state index in [2.05, 4.69) is 0 Å². The van der Waals surface area contributed by atoms with Crippen LogP contribution in [0.15, 0.2) is 59.5 Å². The van der Waals surface area contributed by atoms with Gasteiger partial charge in [-0.05, 0) is 29.8 Å². The van der Waals surface area contributed by atoms with Crippen LogP contribution in [0.4, 0.5) is 5.69 Å². The van der Waals surface area contributed by atoms with Crippen molar-refractivity contribution in [3.8, 4) is 0 Å². The van der Waals surface area contributed by atoms with Crippen LogP contribution >= 0.6 is 0 Å². The molecule has 0 spiro atoms. The highest BCUT2D eigenvalue weighted by atomic mass is 32.2. The van der Waals surface area contributed by atoms with Gasteiger partial charge in [-0.2, -0.15) is 4.31 Å². The summed E-state index contributed by atoms with van der Waals surface area (Å²) in [5, 5.41) is 0. The fraction of sp³-hybridized carbons (Fsp3) is 0.278.